The summed E-state index contributed by atoms with van der Waals surface area (Å²) in [6.45, 7) is -0.474. The summed E-state index contributed by atoms with van der Waals surface area (Å²) in [5.74, 6) is -0.756. The number of carbonyl (C=O) groups is 1. The largest absolute Gasteiger partial charge is 0.456 e. The van der Waals surface area contributed by atoms with Gasteiger partial charge in [-0.2, -0.15) is 17.9 Å². The van der Waals surface area contributed by atoms with Gasteiger partial charge in [0.2, 0.25) is 5.95 Å². The lowest BCUT2D eigenvalue weighted by atomic mass is 10.1. The van der Waals surface area contributed by atoms with E-state index in [0.717, 1.165) is 6.07 Å². The number of alkyl halides is 3. The van der Waals surface area contributed by atoms with E-state index < -0.39 is 24.4 Å². The molecule has 0 unspecified atom stereocenters. The van der Waals surface area contributed by atoms with Gasteiger partial charge >= 0.3 is 12.2 Å². The quantitative estimate of drug-likeness (QED) is 0.643. The maximum Gasteiger partial charge on any atom is 0.433 e. The summed E-state index contributed by atoms with van der Waals surface area (Å²) in [4.78, 5) is 15.9. The van der Waals surface area contributed by atoms with Gasteiger partial charge in [-0.25, -0.2) is 9.67 Å². The van der Waals surface area contributed by atoms with Crippen LogP contribution in [0.25, 0.3) is 0 Å². The molecule has 0 aliphatic carbocycles. The smallest absolute Gasteiger partial charge is 0.433 e. The predicted molar refractivity (Wildman–Crippen MR) is 79.1 cm³/mol. The number of pyridine rings is 1. The Kier molecular flexibility index (Phi) is 4.66. The highest BCUT2D eigenvalue weighted by Gasteiger charge is 2.33. The molecule has 3 aromatic heterocycles. The molecule has 12 nitrogen and oxygen atoms in total. The number of halogens is 3. The van der Waals surface area contributed by atoms with Crippen molar-refractivity contribution in [3.05, 3.63) is 29.1 Å². The fourth-order valence-electron chi connectivity index (χ4n) is 1.96. The molecule has 27 heavy (non-hydrogen) atoms. The van der Waals surface area contributed by atoms with Crippen LogP contribution in [0.15, 0.2) is 12.1 Å². The third-order valence-corrected chi connectivity index (χ3v) is 3.27. The van der Waals surface area contributed by atoms with Crippen LogP contribution < -0.4 is 10.1 Å². The van der Waals surface area contributed by atoms with E-state index in [-0.39, 0.29) is 23.2 Å². The molecule has 0 spiro atoms. The first-order valence-corrected chi connectivity index (χ1v) is 7.21. The molecule has 0 radical (unpaired) electrons. The van der Waals surface area contributed by atoms with Crippen LogP contribution in [0.3, 0.4) is 0 Å². The molecule has 1 N–H and O–H groups in total. The van der Waals surface area contributed by atoms with Crippen LogP contribution in [0.2, 0.25) is 0 Å². The van der Waals surface area contributed by atoms with Crippen molar-refractivity contribution in [2.75, 3.05) is 5.32 Å². The SMILES string of the molecule is Cn1nnnc1NC(=O)c1ccc(C(F)(F)F)nc1COc1nnnn1C. The van der Waals surface area contributed by atoms with Gasteiger partial charge in [0.1, 0.15) is 12.3 Å². The fourth-order valence-corrected chi connectivity index (χ4v) is 1.96. The van der Waals surface area contributed by atoms with Crippen molar-refractivity contribution in [3.8, 4) is 6.01 Å². The van der Waals surface area contributed by atoms with E-state index in [0.29, 0.717) is 6.07 Å². The number of aryl methyl sites for hydroxylation is 2. The van der Waals surface area contributed by atoms with Gasteiger partial charge in [0.15, 0.2) is 0 Å². The van der Waals surface area contributed by atoms with Crippen LogP contribution in [-0.4, -0.2) is 51.3 Å². The zero-order chi connectivity index (χ0) is 19.6. The van der Waals surface area contributed by atoms with Gasteiger partial charge in [0, 0.05) is 14.1 Å². The molecular formula is C12H11F3N10O2. The molecule has 3 heterocycles. The average Bonchev–Trinajstić information content (AvgIpc) is 3.20. The van der Waals surface area contributed by atoms with Gasteiger partial charge in [-0.3, -0.25) is 10.1 Å². The molecule has 0 aromatic carbocycles. The lowest BCUT2D eigenvalue weighted by Crippen LogP contribution is -2.20. The standard InChI is InChI=1S/C12H11F3N10O2/c1-24-10(18-20-22-24)17-9(26)6-3-4-8(12(13,14)15)16-7(6)5-27-11-19-21-23-25(11)2/h3-4H,5H2,1-2H3,(H,17,18,22,26). The first kappa shape index (κ1) is 18.2. The number of ether oxygens (including phenoxy) is 1. The van der Waals surface area contributed by atoms with Crippen molar-refractivity contribution in [3.63, 3.8) is 0 Å². The number of nitrogens with one attached hydrogen (secondary N) is 1. The molecule has 0 saturated heterocycles. The van der Waals surface area contributed by atoms with Crippen molar-refractivity contribution in [1.82, 2.24) is 45.4 Å². The van der Waals surface area contributed by atoms with Gasteiger partial charge < -0.3 is 4.74 Å². The van der Waals surface area contributed by atoms with Gasteiger partial charge in [0.05, 0.1) is 11.3 Å². The summed E-state index contributed by atoms with van der Waals surface area (Å²) in [6.07, 6.45) is -4.69. The second-order valence-corrected chi connectivity index (χ2v) is 5.14. The Hall–Kier alpha value is -3.65. The van der Waals surface area contributed by atoms with Crippen LogP contribution in [0, 0.1) is 0 Å². The Morgan fingerprint density at radius 3 is 2.44 bits per heavy atom. The van der Waals surface area contributed by atoms with Crippen molar-refractivity contribution in [2.45, 2.75) is 12.8 Å². The van der Waals surface area contributed by atoms with Gasteiger partial charge in [-0.15, -0.1) is 0 Å². The predicted octanol–water partition coefficient (Wildman–Crippen LogP) is -0.0213. The summed E-state index contributed by atoms with van der Waals surface area (Å²) in [5, 5.41) is 23.3. The summed E-state index contributed by atoms with van der Waals surface area (Å²) in [6, 6.07) is 1.62. The molecule has 15 heteroatoms. The molecule has 3 aromatic rings. The number of anilines is 1. The molecule has 1 amide bonds. The molecule has 0 aliphatic heterocycles. The maximum absolute atomic E-state index is 13.0. The molecule has 142 valence electrons. The Bertz CT molecular complexity index is 966. The number of nitrogens with zero attached hydrogens (tertiary/aromatic N) is 9. The number of carbonyl (C=O) groups excluding carboxylic acids is 1. The summed E-state index contributed by atoms with van der Waals surface area (Å²) in [5.41, 5.74) is -1.59. The monoisotopic (exact) mass is 384 g/mol. The fraction of sp³-hybridized carbons (Fsp3) is 0.333. The highest BCUT2D eigenvalue weighted by atomic mass is 19.4. The van der Waals surface area contributed by atoms with Crippen LogP contribution >= 0.6 is 0 Å². The molecule has 0 atom stereocenters. The van der Waals surface area contributed by atoms with E-state index >= 15 is 0 Å². The van der Waals surface area contributed by atoms with Crippen molar-refractivity contribution >= 4 is 11.9 Å². The van der Waals surface area contributed by atoms with Gasteiger partial charge in [-0.05, 0) is 33.0 Å². The molecule has 0 aliphatic rings. The Labute approximate surface area is 148 Å². The van der Waals surface area contributed by atoms with E-state index in [1.54, 1.807) is 0 Å². The van der Waals surface area contributed by atoms with Crippen LogP contribution in [-0.2, 0) is 26.9 Å². The minimum absolute atomic E-state index is 0.00395. The van der Waals surface area contributed by atoms with Gasteiger partial charge in [0.25, 0.3) is 5.91 Å². The summed E-state index contributed by atoms with van der Waals surface area (Å²) >= 11 is 0. The molecule has 0 bridgehead atoms. The Morgan fingerprint density at radius 1 is 1.15 bits per heavy atom. The van der Waals surface area contributed by atoms with E-state index in [1.807, 2.05) is 0 Å². The zero-order valence-electron chi connectivity index (χ0n) is 13.8. The second kappa shape index (κ2) is 6.93. The third kappa shape index (κ3) is 3.96. The minimum Gasteiger partial charge on any atom is -0.456 e. The minimum atomic E-state index is -4.69. The van der Waals surface area contributed by atoms with Crippen LogP contribution in [0.4, 0.5) is 19.1 Å². The highest BCUT2D eigenvalue weighted by Crippen LogP contribution is 2.28. The number of aromatic nitrogens is 9. The Balaban J connectivity index is 1.90. The first-order valence-electron chi connectivity index (χ1n) is 7.21. The molecule has 3 rings (SSSR count). The first-order chi connectivity index (χ1) is 12.8. The van der Waals surface area contributed by atoms with Crippen molar-refractivity contribution in [2.24, 2.45) is 14.1 Å². The summed E-state index contributed by atoms with van der Waals surface area (Å²) in [7, 11) is 2.95. The van der Waals surface area contributed by atoms with E-state index in [1.165, 1.54) is 23.5 Å². The molecule has 0 saturated carbocycles. The zero-order valence-corrected chi connectivity index (χ0v) is 13.8. The third-order valence-electron chi connectivity index (χ3n) is 3.27. The second-order valence-electron chi connectivity index (χ2n) is 5.14. The topological polar surface area (TPSA) is 138 Å². The summed E-state index contributed by atoms with van der Waals surface area (Å²) < 4.78 is 46.5. The molecule has 0 fully saturated rings. The number of amides is 1. The number of hydrogen-bond donors (Lipinski definition) is 1. The molecular weight excluding hydrogens is 373 g/mol. The normalized spacial score (nSPS) is 11.4. The van der Waals surface area contributed by atoms with Crippen molar-refractivity contribution < 1.29 is 22.7 Å². The lowest BCUT2D eigenvalue weighted by molar-refractivity contribution is -0.141. The van der Waals surface area contributed by atoms with E-state index in [2.05, 4.69) is 41.4 Å². The highest BCUT2D eigenvalue weighted by molar-refractivity contribution is 6.04. The number of tetrazole rings is 2. The van der Waals surface area contributed by atoms with Crippen LogP contribution in [0.5, 0.6) is 6.01 Å². The number of rotatable bonds is 5. The lowest BCUT2D eigenvalue weighted by Gasteiger charge is -2.12. The van der Waals surface area contributed by atoms with Gasteiger partial charge in [-0.1, -0.05) is 10.2 Å². The average molecular weight is 384 g/mol. The van der Waals surface area contributed by atoms with Crippen molar-refractivity contribution in [1.29, 1.82) is 0 Å². The maximum atomic E-state index is 13.0. The van der Waals surface area contributed by atoms with E-state index in [9.17, 15) is 18.0 Å². The Morgan fingerprint density at radius 2 is 1.85 bits per heavy atom. The number of hydrogen-bond acceptors (Lipinski definition) is 9. The van der Waals surface area contributed by atoms with E-state index in [4.69, 9.17) is 4.74 Å². The van der Waals surface area contributed by atoms with Crippen LogP contribution in [0.1, 0.15) is 21.7 Å².